The van der Waals surface area contributed by atoms with E-state index in [4.69, 9.17) is 0 Å². The zero-order chi connectivity index (χ0) is 6.95. The molecule has 0 fully saturated rings. The monoisotopic (exact) mass is 341 g/mol. The fraction of sp³-hybridized carbons (Fsp3) is 1.00. The Kier molecular flexibility index (Phi) is 17.5. The third-order valence-corrected chi connectivity index (χ3v) is 1.97. The van der Waals surface area contributed by atoms with Crippen molar-refractivity contribution < 1.29 is 21.1 Å². The summed E-state index contributed by atoms with van der Waals surface area (Å²) in [5, 5.41) is 0. The quantitative estimate of drug-likeness (QED) is 0.514. The van der Waals surface area contributed by atoms with Gasteiger partial charge in [-0.3, -0.25) is 0 Å². The molecule has 2 heteroatoms. The summed E-state index contributed by atoms with van der Waals surface area (Å²) >= 11 is 0. The van der Waals surface area contributed by atoms with Crippen LogP contribution in [0.1, 0.15) is 45.4 Å². The van der Waals surface area contributed by atoms with Gasteiger partial charge in [0, 0.05) is 21.1 Å². The number of unbranched alkanes of at least 4 members (excludes halogenated alkanes) is 5. The molecule has 0 aliphatic carbocycles. The minimum atomic E-state index is 0. The molecule has 0 N–H and O–H groups in total. The molecular weight excluding hydrogens is 322 g/mol. The molecule has 0 aromatic heterocycles. The normalized spacial score (nSPS) is 9.00. The van der Waals surface area contributed by atoms with Crippen LogP contribution in [0.25, 0.3) is 0 Å². The van der Waals surface area contributed by atoms with Gasteiger partial charge in [-0.2, -0.15) is 0 Å². The van der Waals surface area contributed by atoms with Crippen LogP contribution in [0.2, 0.25) is 0 Å². The van der Waals surface area contributed by atoms with E-state index >= 15 is 0 Å². The van der Waals surface area contributed by atoms with E-state index in [1.165, 1.54) is 44.7 Å². The average Bonchev–Trinajstić information content (AvgIpc) is 1.89. The third kappa shape index (κ3) is 11.9. The van der Waals surface area contributed by atoms with Crippen LogP contribution in [0.4, 0.5) is 0 Å². The summed E-state index contributed by atoms with van der Waals surface area (Å²) in [5.41, 5.74) is 0. The molecule has 0 spiro atoms. The van der Waals surface area contributed by atoms with Crippen LogP contribution >= 0.6 is 9.24 Å². The maximum absolute atomic E-state index is 2.78. The summed E-state index contributed by atoms with van der Waals surface area (Å²) in [6.07, 6.45) is 9.80. The Labute approximate surface area is 82.0 Å². The summed E-state index contributed by atoms with van der Waals surface area (Å²) < 4.78 is 0. The van der Waals surface area contributed by atoms with Gasteiger partial charge in [0.2, 0.25) is 0 Å². The van der Waals surface area contributed by atoms with Crippen LogP contribution < -0.4 is 0 Å². The Hall–Kier alpha value is 1.12. The van der Waals surface area contributed by atoms with Crippen molar-refractivity contribution in [2.75, 3.05) is 6.16 Å². The predicted molar refractivity (Wildman–Crippen MR) is 48.0 cm³/mol. The molecule has 0 nitrogen and oxygen atoms in total. The standard InChI is InChI=1S/C8H19P.Pt/c1-2-3-4-5-6-7-8-9;/h2-9H2,1H3;. The summed E-state index contributed by atoms with van der Waals surface area (Å²) in [7, 11) is 2.78. The molecule has 0 aromatic rings. The summed E-state index contributed by atoms with van der Waals surface area (Å²) in [4.78, 5) is 0. The van der Waals surface area contributed by atoms with Crippen molar-refractivity contribution in [3.8, 4) is 0 Å². The number of rotatable bonds is 6. The second-order valence-electron chi connectivity index (χ2n) is 2.56. The molecule has 0 heterocycles. The van der Waals surface area contributed by atoms with Gasteiger partial charge < -0.3 is 0 Å². The van der Waals surface area contributed by atoms with Crippen LogP contribution in [0, 0.1) is 0 Å². The third-order valence-electron chi connectivity index (χ3n) is 1.56. The molecule has 0 saturated carbocycles. The van der Waals surface area contributed by atoms with Crippen molar-refractivity contribution in [2.24, 2.45) is 0 Å². The molecule has 0 aliphatic rings. The first-order valence-electron chi connectivity index (χ1n) is 4.12. The minimum absolute atomic E-state index is 0. The van der Waals surface area contributed by atoms with Crippen LogP contribution in [0.15, 0.2) is 0 Å². The summed E-state index contributed by atoms with van der Waals surface area (Å²) in [6, 6.07) is 0. The number of hydrogen-bond donors (Lipinski definition) is 0. The van der Waals surface area contributed by atoms with E-state index in [9.17, 15) is 0 Å². The molecular formula is C8H19PPt. The first-order chi connectivity index (χ1) is 4.41. The molecule has 0 rings (SSSR count). The van der Waals surface area contributed by atoms with E-state index in [1.807, 2.05) is 0 Å². The molecule has 0 aromatic carbocycles. The van der Waals surface area contributed by atoms with Crippen LogP contribution in [0.5, 0.6) is 0 Å². The SMILES string of the molecule is CCCCCCCCP.[Pt]. The van der Waals surface area contributed by atoms with Crippen molar-refractivity contribution in [3.63, 3.8) is 0 Å². The Balaban J connectivity index is 0. The summed E-state index contributed by atoms with van der Waals surface area (Å²) in [5.74, 6) is 0. The number of hydrogen-bond acceptors (Lipinski definition) is 0. The minimum Gasteiger partial charge on any atom is -0.138 e. The Bertz CT molecular complexity index is 42.5. The van der Waals surface area contributed by atoms with E-state index in [-0.39, 0.29) is 21.1 Å². The molecule has 1 atom stereocenters. The van der Waals surface area contributed by atoms with E-state index in [2.05, 4.69) is 16.2 Å². The topological polar surface area (TPSA) is 0 Å². The van der Waals surface area contributed by atoms with Gasteiger partial charge in [0.05, 0.1) is 0 Å². The molecule has 0 radical (unpaired) electrons. The van der Waals surface area contributed by atoms with Gasteiger partial charge in [-0.15, -0.1) is 9.24 Å². The molecule has 10 heavy (non-hydrogen) atoms. The maximum Gasteiger partial charge on any atom is 0 e. The van der Waals surface area contributed by atoms with Crippen molar-refractivity contribution in [2.45, 2.75) is 45.4 Å². The van der Waals surface area contributed by atoms with E-state index in [0.717, 1.165) is 0 Å². The molecule has 66 valence electrons. The van der Waals surface area contributed by atoms with Gasteiger partial charge in [0.1, 0.15) is 0 Å². The van der Waals surface area contributed by atoms with Gasteiger partial charge in [-0.05, 0) is 12.6 Å². The maximum atomic E-state index is 2.78. The van der Waals surface area contributed by atoms with Crippen LogP contribution in [-0.2, 0) is 21.1 Å². The van der Waals surface area contributed by atoms with E-state index < -0.39 is 0 Å². The van der Waals surface area contributed by atoms with Gasteiger partial charge in [-0.25, -0.2) is 0 Å². The zero-order valence-electron chi connectivity index (χ0n) is 6.84. The smallest absolute Gasteiger partial charge is 0 e. The first kappa shape index (κ1) is 13.7. The summed E-state index contributed by atoms with van der Waals surface area (Å²) in [6.45, 7) is 2.26. The fourth-order valence-corrected chi connectivity index (χ4v) is 1.21. The average molecular weight is 341 g/mol. The molecule has 0 aliphatic heterocycles. The Morgan fingerprint density at radius 3 is 1.90 bits per heavy atom. The van der Waals surface area contributed by atoms with E-state index in [1.54, 1.807) is 0 Å². The van der Waals surface area contributed by atoms with Crippen LogP contribution in [0.3, 0.4) is 0 Å². The molecule has 0 amide bonds. The second kappa shape index (κ2) is 12.8. The van der Waals surface area contributed by atoms with Gasteiger partial charge in [0.15, 0.2) is 0 Å². The molecule has 0 saturated heterocycles. The van der Waals surface area contributed by atoms with Gasteiger partial charge in [0.25, 0.3) is 0 Å². The van der Waals surface area contributed by atoms with Crippen LogP contribution in [-0.4, -0.2) is 6.16 Å². The molecule has 1 unspecified atom stereocenters. The van der Waals surface area contributed by atoms with Gasteiger partial charge in [-0.1, -0.05) is 39.0 Å². The first-order valence-corrected chi connectivity index (χ1v) is 4.93. The van der Waals surface area contributed by atoms with Crippen molar-refractivity contribution in [1.82, 2.24) is 0 Å². The second-order valence-corrected chi connectivity index (χ2v) is 3.13. The van der Waals surface area contributed by atoms with Crippen molar-refractivity contribution in [1.29, 1.82) is 0 Å². The zero-order valence-corrected chi connectivity index (χ0v) is 10.3. The predicted octanol–water partition coefficient (Wildman–Crippen LogP) is 3.22. The Morgan fingerprint density at radius 2 is 1.40 bits per heavy atom. The fourth-order valence-electron chi connectivity index (χ4n) is 0.925. The van der Waals surface area contributed by atoms with Crippen molar-refractivity contribution >= 4 is 9.24 Å². The largest absolute Gasteiger partial charge is 0.138 e. The molecule has 0 bridgehead atoms. The Morgan fingerprint density at radius 1 is 0.900 bits per heavy atom. The van der Waals surface area contributed by atoms with Crippen molar-refractivity contribution in [3.05, 3.63) is 0 Å². The van der Waals surface area contributed by atoms with E-state index in [0.29, 0.717) is 0 Å². The van der Waals surface area contributed by atoms with Gasteiger partial charge >= 0.3 is 0 Å².